The second-order valence-corrected chi connectivity index (χ2v) is 5.41. The minimum Gasteiger partial charge on any atom is -0.464 e. The average molecular weight is 325 g/mol. The smallest absolute Gasteiger partial charge is 0.260 e. The fraction of sp³-hybridized carbons (Fsp3) is 0.167. The number of aryl methyl sites for hydroxylation is 1. The number of fused-ring (bicyclic) bond motifs is 1. The largest absolute Gasteiger partial charge is 0.464 e. The fourth-order valence-electron chi connectivity index (χ4n) is 1.81. The van der Waals surface area contributed by atoms with E-state index in [1.165, 1.54) is 11.3 Å². The second-order valence-electron chi connectivity index (χ2n) is 3.76. The van der Waals surface area contributed by atoms with Gasteiger partial charge in [-0.25, -0.2) is 4.98 Å². The molecule has 92 valence electrons. The molecule has 0 saturated heterocycles. The van der Waals surface area contributed by atoms with E-state index < -0.39 is 0 Å². The van der Waals surface area contributed by atoms with Gasteiger partial charge in [0, 0.05) is 22.7 Å². The number of thiophene rings is 1. The SMILES string of the molecule is O=c1[nH]c(CCBr)nc2scc(-c3ccco3)c12. The highest BCUT2D eigenvalue weighted by atomic mass is 79.9. The molecule has 3 aromatic rings. The molecule has 0 fully saturated rings. The zero-order valence-corrected chi connectivity index (χ0v) is 11.7. The van der Waals surface area contributed by atoms with Crippen LogP contribution in [-0.4, -0.2) is 15.3 Å². The van der Waals surface area contributed by atoms with Crippen LogP contribution in [0.25, 0.3) is 21.5 Å². The third-order valence-corrected chi connectivity index (χ3v) is 3.88. The minimum atomic E-state index is -0.108. The molecule has 4 nitrogen and oxygen atoms in total. The normalized spacial score (nSPS) is 11.2. The first-order valence-electron chi connectivity index (χ1n) is 5.40. The van der Waals surface area contributed by atoms with Crippen LogP contribution in [-0.2, 0) is 6.42 Å². The van der Waals surface area contributed by atoms with Gasteiger partial charge < -0.3 is 9.40 Å². The summed E-state index contributed by atoms with van der Waals surface area (Å²) in [5.74, 6) is 1.40. The van der Waals surface area contributed by atoms with Crippen LogP contribution in [0.2, 0.25) is 0 Å². The summed E-state index contributed by atoms with van der Waals surface area (Å²) in [6.45, 7) is 0. The summed E-state index contributed by atoms with van der Waals surface area (Å²) in [5.41, 5.74) is 0.697. The Balaban J connectivity index is 2.23. The highest BCUT2D eigenvalue weighted by Gasteiger charge is 2.14. The number of H-pyrrole nitrogens is 1. The maximum Gasteiger partial charge on any atom is 0.260 e. The number of furan rings is 1. The van der Waals surface area contributed by atoms with Gasteiger partial charge in [0.15, 0.2) is 0 Å². The molecule has 0 aliphatic rings. The van der Waals surface area contributed by atoms with E-state index in [1.807, 2.05) is 11.4 Å². The van der Waals surface area contributed by atoms with Gasteiger partial charge >= 0.3 is 0 Å². The maximum absolute atomic E-state index is 12.1. The molecule has 1 N–H and O–H groups in total. The van der Waals surface area contributed by atoms with Crippen LogP contribution in [0, 0.1) is 0 Å². The molecule has 0 radical (unpaired) electrons. The summed E-state index contributed by atoms with van der Waals surface area (Å²) in [7, 11) is 0. The van der Waals surface area contributed by atoms with E-state index in [2.05, 4.69) is 25.9 Å². The van der Waals surface area contributed by atoms with Gasteiger partial charge in [-0.15, -0.1) is 11.3 Å². The third kappa shape index (κ3) is 1.91. The van der Waals surface area contributed by atoms with Gasteiger partial charge in [0.05, 0.1) is 11.6 Å². The Morgan fingerprint density at radius 3 is 3.11 bits per heavy atom. The number of nitrogens with one attached hydrogen (secondary N) is 1. The number of aromatic amines is 1. The van der Waals surface area contributed by atoms with E-state index in [9.17, 15) is 4.79 Å². The van der Waals surface area contributed by atoms with Crippen molar-refractivity contribution >= 4 is 37.5 Å². The van der Waals surface area contributed by atoms with Crippen LogP contribution in [0.3, 0.4) is 0 Å². The summed E-state index contributed by atoms with van der Waals surface area (Å²) < 4.78 is 5.34. The molecule has 18 heavy (non-hydrogen) atoms. The van der Waals surface area contributed by atoms with Gasteiger partial charge in [-0.3, -0.25) is 4.79 Å². The maximum atomic E-state index is 12.1. The van der Waals surface area contributed by atoms with Crippen LogP contribution in [0.15, 0.2) is 33.0 Å². The van der Waals surface area contributed by atoms with E-state index in [0.717, 1.165) is 15.7 Å². The quantitative estimate of drug-likeness (QED) is 0.753. The molecule has 0 bridgehead atoms. The van der Waals surface area contributed by atoms with Crippen LogP contribution in [0.4, 0.5) is 0 Å². The van der Waals surface area contributed by atoms with Crippen molar-refractivity contribution in [3.63, 3.8) is 0 Å². The molecular weight excluding hydrogens is 316 g/mol. The van der Waals surface area contributed by atoms with Gasteiger partial charge in [-0.1, -0.05) is 15.9 Å². The van der Waals surface area contributed by atoms with Crippen molar-refractivity contribution in [1.29, 1.82) is 0 Å². The lowest BCUT2D eigenvalue weighted by Crippen LogP contribution is -2.11. The lowest BCUT2D eigenvalue weighted by Gasteiger charge is -1.98. The molecule has 0 aromatic carbocycles. The Hall–Kier alpha value is -1.40. The molecule has 0 spiro atoms. The predicted molar refractivity (Wildman–Crippen MR) is 75.4 cm³/mol. The summed E-state index contributed by atoms with van der Waals surface area (Å²) in [5, 5.41) is 3.29. The van der Waals surface area contributed by atoms with Crippen LogP contribution in [0.5, 0.6) is 0 Å². The van der Waals surface area contributed by atoms with Crippen molar-refractivity contribution in [2.75, 3.05) is 5.33 Å². The highest BCUT2D eigenvalue weighted by Crippen LogP contribution is 2.30. The van der Waals surface area contributed by atoms with Gasteiger partial charge in [-0.2, -0.15) is 0 Å². The Morgan fingerprint density at radius 1 is 1.50 bits per heavy atom. The summed E-state index contributed by atoms with van der Waals surface area (Å²) in [6.07, 6.45) is 2.30. The summed E-state index contributed by atoms with van der Waals surface area (Å²) in [6, 6.07) is 3.65. The number of hydrogen-bond donors (Lipinski definition) is 1. The third-order valence-electron chi connectivity index (χ3n) is 2.61. The molecule has 3 aromatic heterocycles. The van der Waals surface area contributed by atoms with E-state index in [4.69, 9.17) is 4.42 Å². The van der Waals surface area contributed by atoms with E-state index in [0.29, 0.717) is 23.4 Å². The zero-order chi connectivity index (χ0) is 12.5. The van der Waals surface area contributed by atoms with Crippen molar-refractivity contribution in [2.24, 2.45) is 0 Å². The first-order valence-corrected chi connectivity index (χ1v) is 7.40. The number of rotatable bonds is 3. The van der Waals surface area contributed by atoms with Crippen molar-refractivity contribution in [3.05, 3.63) is 40.0 Å². The Kier molecular flexibility index (Phi) is 3.05. The van der Waals surface area contributed by atoms with Gasteiger partial charge in [0.1, 0.15) is 16.4 Å². The molecule has 0 aliphatic carbocycles. The predicted octanol–water partition coefficient (Wildman–Crippen LogP) is 3.18. The number of hydrogen-bond acceptors (Lipinski definition) is 4. The summed E-state index contributed by atoms with van der Waals surface area (Å²) in [4.78, 5) is 20.1. The number of halogens is 1. The Labute approximate surface area is 115 Å². The van der Waals surface area contributed by atoms with Crippen LogP contribution < -0.4 is 5.56 Å². The molecule has 0 aliphatic heterocycles. The van der Waals surface area contributed by atoms with Crippen molar-refractivity contribution in [3.8, 4) is 11.3 Å². The first kappa shape index (κ1) is 11.7. The van der Waals surface area contributed by atoms with E-state index in [1.54, 1.807) is 12.3 Å². The Bertz CT molecular complexity index is 730. The van der Waals surface area contributed by atoms with Gasteiger partial charge in [0.2, 0.25) is 0 Å². The minimum absolute atomic E-state index is 0.108. The highest BCUT2D eigenvalue weighted by molar-refractivity contribution is 9.09. The molecule has 0 atom stereocenters. The fourth-order valence-corrected chi connectivity index (χ4v) is 3.14. The molecular formula is C12H9BrN2O2S. The molecule has 6 heteroatoms. The Morgan fingerprint density at radius 2 is 2.39 bits per heavy atom. The lowest BCUT2D eigenvalue weighted by molar-refractivity contribution is 0.583. The topological polar surface area (TPSA) is 58.9 Å². The van der Waals surface area contributed by atoms with Crippen LogP contribution >= 0.6 is 27.3 Å². The standard InChI is InChI=1S/C12H9BrN2O2S/c13-4-3-9-14-11(16)10-7(6-18-12(10)15-9)8-2-1-5-17-8/h1-2,5-6H,3-4H2,(H,14,15,16). The van der Waals surface area contributed by atoms with Crippen molar-refractivity contribution < 1.29 is 4.42 Å². The molecule has 0 saturated carbocycles. The monoisotopic (exact) mass is 324 g/mol. The molecule has 3 heterocycles. The number of alkyl halides is 1. The average Bonchev–Trinajstić information content (AvgIpc) is 2.96. The molecule has 3 rings (SSSR count). The lowest BCUT2D eigenvalue weighted by atomic mass is 10.2. The van der Waals surface area contributed by atoms with Gasteiger partial charge in [0.25, 0.3) is 5.56 Å². The number of nitrogens with zero attached hydrogens (tertiary/aromatic N) is 1. The van der Waals surface area contributed by atoms with E-state index >= 15 is 0 Å². The first-order chi connectivity index (χ1) is 8.79. The second kappa shape index (κ2) is 4.70. The van der Waals surface area contributed by atoms with Crippen molar-refractivity contribution in [2.45, 2.75) is 6.42 Å². The zero-order valence-electron chi connectivity index (χ0n) is 9.27. The van der Waals surface area contributed by atoms with Gasteiger partial charge in [-0.05, 0) is 12.1 Å². The molecule has 0 amide bonds. The van der Waals surface area contributed by atoms with E-state index in [-0.39, 0.29) is 5.56 Å². The van der Waals surface area contributed by atoms with Crippen LogP contribution in [0.1, 0.15) is 5.82 Å². The van der Waals surface area contributed by atoms with Crippen molar-refractivity contribution in [1.82, 2.24) is 9.97 Å². The molecule has 0 unspecified atom stereocenters. The number of aromatic nitrogens is 2. The summed E-state index contributed by atoms with van der Waals surface area (Å²) >= 11 is 4.80.